The number of anilines is 5. The van der Waals surface area contributed by atoms with Crippen LogP contribution in [0.3, 0.4) is 0 Å². The number of hydrogen-bond acceptors (Lipinski definition) is 6. The molecule has 2 heterocycles. The first kappa shape index (κ1) is 20.3. The van der Waals surface area contributed by atoms with Crippen LogP contribution in [0.5, 0.6) is 0 Å². The van der Waals surface area contributed by atoms with Crippen LogP contribution in [0.4, 0.5) is 28.8 Å². The van der Waals surface area contributed by atoms with Crippen LogP contribution in [-0.2, 0) is 9.59 Å². The normalized spacial score (nSPS) is 15.3. The minimum atomic E-state index is -0.464. The van der Waals surface area contributed by atoms with E-state index in [1.54, 1.807) is 12.1 Å². The van der Waals surface area contributed by atoms with Crippen LogP contribution in [0.25, 0.3) is 0 Å². The molecule has 0 spiro atoms. The second-order valence-corrected chi connectivity index (χ2v) is 7.56. The summed E-state index contributed by atoms with van der Waals surface area (Å²) in [7, 11) is 0. The Morgan fingerprint density at radius 1 is 0.935 bits per heavy atom. The summed E-state index contributed by atoms with van der Waals surface area (Å²) in [6, 6.07) is 16.7. The monoisotopic (exact) mass is 416 g/mol. The number of benzene rings is 2. The van der Waals surface area contributed by atoms with Crippen LogP contribution < -0.4 is 21.3 Å². The number of hydrogen-bond donors (Lipinski definition) is 4. The van der Waals surface area contributed by atoms with E-state index < -0.39 is 6.04 Å². The number of aromatic nitrogens is 2. The van der Waals surface area contributed by atoms with Crippen molar-refractivity contribution in [2.45, 2.75) is 32.7 Å². The molecule has 1 atom stereocenters. The van der Waals surface area contributed by atoms with E-state index in [9.17, 15) is 9.59 Å². The maximum Gasteiger partial charge on any atom is 0.246 e. The third-order valence-electron chi connectivity index (χ3n) is 4.90. The number of nitrogens with zero attached hydrogens (tertiary/aromatic N) is 2. The van der Waals surface area contributed by atoms with E-state index in [0.29, 0.717) is 30.3 Å². The fraction of sp³-hybridized carbons (Fsp3) is 0.217. The van der Waals surface area contributed by atoms with Gasteiger partial charge in [0, 0.05) is 35.2 Å². The van der Waals surface area contributed by atoms with Crippen molar-refractivity contribution in [3.63, 3.8) is 0 Å². The van der Waals surface area contributed by atoms with Gasteiger partial charge < -0.3 is 21.3 Å². The lowest BCUT2D eigenvalue weighted by molar-refractivity contribution is -0.122. The van der Waals surface area contributed by atoms with E-state index in [4.69, 9.17) is 0 Å². The van der Waals surface area contributed by atoms with Gasteiger partial charge in [0.2, 0.25) is 17.8 Å². The quantitative estimate of drug-likeness (QED) is 0.487. The van der Waals surface area contributed by atoms with Gasteiger partial charge in [0.05, 0.1) is 0 Å². The highest BCUT2D eigenvalue weighted by atomic mass is 16.2. The first-order valence-electron chi connectivity index (χ1n) is 10.1. The van der Waals surface area contributed by atoms with E-state index in [1.807, 2.05) is 56.3 Å². The Morgan fingerprint density at radius 3 is 2.26 bits per heavy atom. The Balaban J connectivity index is 1.40. The summed E-state index contributed by atoms with van der Waals surface area (Å²) in [5.41, 5.74) is 4.42. The van der Waals surface area contributed by atoms with Crippen LogP contribution >= 0.6 is 0 Å². The molecule has 2 amide bonds. The molecule has 4 N–H and O–H groups in total. The second-order valence-electron chi connectivity index (χ2n) is 7.56. The molecule has 0 radical (unpaired) electrons. The van der Waals surface area contributed by atoms with Gasteiger partial charge in [-0.2, -0.15) is 4.98 Å². The molecule has 0 aliphatic carbocycles. The van der Waals surface area contributed by atoms with Crippen LogP contribution in [0.15, 0.2) is 54.6 Å². The second kappa shape index (κ2) is 8.83. The minimum absolute atomic E-state index is 0.0870. The lowest BCUT2D eigenvalue weighted by atomic mass is 10.2. The Kier molecular flexibility index (Phi) is 5.79. The largest absolute Gasteiger partial charge is 0.344 e. The number of aryl methyl sites for hydroxylation is 2. The predicted octanol–water partition coefficient (Wildman–Crippen LogP) is 3.80. The number of nitrogens with one attached hydrogen (secondary N) is 4. The average molecular weight is 416 g/mol. The molecule has 0 bridgehead atoms. The molecule has 1 aliphatic heterocycles. The highest BCUT2D eigenvalue weighted by Gasteiger charge is 2.27. The van der Waals surface area contributed by atoms with Crippen molar-refractivity contribution in [2.24, 2.45) is 0 Å². The Hall–Kier alpha value is -3.94. The van der Waals surface area contributed by atoms with Gasteiger partial charge in [-0.15, -0.1) is 0 Å². The summed E-state index contributed by atoms with van der Waals surface area (Å²) in [6.07, 6.45) is 0.913. The van der Waals surface area contributed by atoms with Crippen LogP contribution in [0.1, 0.15) is 24.1 Å². The number of amides is 2. The van der Waals surface area contributed by atoms with Crippen molar-refractivity contribution >= 4 is 40.6 Å². The van der Waals surface area contributed by atoms with Crippen molar-refractivity contribution in [1.82, 2.24) is 15.3 Å². The average Bonchev–Trinajstić information content (AvgIpc) is 3.17. The molecule has 158 valence electrons. The standard InChI is InChI=1S/C23H24N6O2/c1-14-3-5-18(6-4-14)27-23-24-15(2)13-20(29-23)25-16-7-9-17(10-8-16)26-22(31)19-11-12-21(30)28-19/h3-10,13,19H,11-12H2,1-2H3,(H,26,31)(H,28,30)(H2,24,25,27,29). The number of carbonyl (C=O) groups is 2. The van der Waals surface area contributed by atoms with Gasteiger partial charge in [-0.25, -0.2) is 4.98 Å². The molecule has 4 rings (SSSR count). The van der Waals surface area contributed by atoms with Gasteiger partial charge in [0.15, 0.2) is 0 Å². The highest BCUT2D eigenvalue weighted by Crippen LogP contribution is 2.21. The van der Waals surface area contributed by atoms with E-state index in [-0.39, 0.29) is 11.8 Å². The van der Waals surface area contributed by atoms with E-state index in [0.717, 1.165) is 17.1 Å². The van der Waals surface area contributed by atoms with Gasteiger partial charge in [0.1, 0.15) is 11.9 Å². The third kappa shape index (κ3) is 5.36. The summed E-state index contributed by atoms with van der Waals surface area (Å²) >= 11 is 0. The molecule has 1 aliphatic rings. The van der Waals surface area contributed by atoms with Gasteiger partial charge in [-0.1, -0.05) is 17.7 Å². The molecule has 1 unspecified atom stereocenters. The maximum atomic E-state index is 12.2. The summed E-state index contributed by atoms with van der Waals surface area (Å²) < 4.78 is 0. The van der Waals surface area contributed by atoms with Crippen molar-refractivity contribution < 1.29 is 9.59 Å². The number of rotatable bonds is 6. The first-order chi connectivity index (χ1) is 14.9. The fourth-order valence-corrected chi connectivity index (χ4v) is 3.28. The van der Waals surface area contributed by atoms with Gasteiger partial charge in [0.25, 0.3) is 0 Å². The van der Waals surface area contributed by atoms with Gasteiger partial charge in [-0.05, 0) is 56.7 Å². The lowest BCUT2D eigenvalue weighted by Gasteiger charge is -2.12. The molecule has 0 saturated carbocycles. The molecule has 3 aromatic rings. The van der Waals surface area contributed by atoms with Crippen LogP contribution in [0, 0.1) is 13.8 Å². The molecule has 8 nitrogen and oxygen atoms in total. The molecule has 1 aromatic heterocycles. The Bertz CT molecular complexity index is 1100. The maximum absolute atomic E-state index is 12.2. The van der Waals surface area contributed by atoms with Crippen LogP contribution in [-0.4, -0.2) is 27.8 Å². The van der Waals surface area contributed by atoms with Crippen molar-refractivity contribution in [3.8, 4) is 0 Å². The minimum Gasteiger partial charge on any atom is -0.344 e. The molecular weight excluding hydrogens is 392 g/mol. The van der Waals surface area contributed by atoms with Gasteiger partial charge in [-0.3, -0.25) is 9.59 Å². The van der Waals surface area contributed by atoms with E-state index in [2.05, 4.69) is 31.2 Å². The first-order valence-corrected chi connectivity index (χ1v) is 10.1. The molecule has 31 heavy (non-hydrogen) atoms. The zero-order valence-corrected chi connectivity index (χ0v) is 17.4. The van der Waals surface area contributed by atoms with E-state index >= 15 is 0 Å². The molecular formula is C23H24N6O2. The molecule has 8 heteroatoms. The SMILES string of the molecule is Cc1ccc(Nc2nc(C)cc(Nc3ccc(NC(=O)C4CCC(=O)N4)cc3)n2)cc1. The zero-order chi connectivity index (χ0) is 21.8. The summed E-state index contributed by atoms with van der Waals surface area (Å²) in [5, 5.41) is 12.0. The Morgan fingerprint density at radius 2 is 1.58 bits per heavy atom. The summed E-state index contributed by atoms with van der Waals surface area (Å²) in [6.45, 7) is 3.95. The fourth-order valence-electron chi connectivity index (χ4n) is 3.28. The molecule has 2 aromatic carbocycles. The predicted molar refractivity (Wildman–Crippen MR) is 121 cm³/mol. The summed E-state index contributed by atoms with van der Waals surface area (Å²) in [4.78, 5) is 32.5. The highest BCUT2D eigenvalue weighted by molar-refractivity contribution is 5.99. The third-order valence-corrected chi connectivity index (χ3v) is 4.90. The van der Waals surface area contributed by atoms with Crippen molar-refractivity contribution in [1.29, 1.82) is 0 Å². The number of carbonyl (C=O) groups excluding carboxylic acids is 2. The van der Waals surface area contributed by atoms with Gasteiger partial charge >= 0.3 is 0 Å². The summed E-state index contributed by atoms with van der Waals surface area (Å²) in [5.74, 6) is 0.877. The van der Waals surface area contributed by atoms with Crippen molar-refractivity contribution in [2.75, 3.05) is 16.0 Å². The van der Waals surface area contributed by atoms with E-state index in [1.165, 1.54) is 5.56 Å². The molecule has 1 fully saturated rings. The van der Waals surface area contributed by atoms with Crippen molar-refractivity contribution in [3.05, 3.63) is 65.9 Å². The smallest absolute Gasteiger partial charge is 0.246 e. The topological polar surface area (TPSA) is 108 Å². The lowest BCUT2D eigenvalue weighted by Crippen LogP contribution is -2.37. The Labute approximate surface area is 180 Å². The molecule has 1 saturated heterocycles. The zero-order valence-electron chi connectivity index (χ0n) is 17.4. The van der Waals surface area contributed by atoms with Crippen LogP contribution in [0.2, 0.25) is 0 Å².